The van der Waals surface area contributed by atoms with Gasteiger partial charge in [-0.15, -0.1) is 5.10 Å². The number of hydrogen-bond donors (Lipinski definition) is 0. The van der Waals surface area contributed by atoms with Crippen LogP contribution in [0.15, 0.2) is 5.16 Å². The van der Waals surface area contributed by atoms with Crippen molar-refractivity contribution in [3.8, 4) is 6.07 Å². The summed E-state index contributed by atoms with van der Waals surface area (Å²) in [7, 11) is 1.75. The van der Waals surface area contributed by atoms with Gasteiger partial charge in [0.05, 0.1) is 16.9 Å². The van der Waals surface area contributed by atoms with Crippen molar-refractivity contribution in [1.29, 1.82) is 5.26 Å². The van der Waals surface area contributed by atoms with Crippen LogP contribution < -0.4 is 0 Å². The van der Waals surface area contributed by atoms with Crippen molar-refractivity contribution in [3.63, 3.8) is 0 Å². The lowest BCUT2D eigenvalue weighted by Crippen LogP contribution is -2.52. The molecule has 0 radical (unpaired) electrons. The Kier molecular flexibility index (Phi) is 5.53. The molecule has 1 aromatic heterocycles. The molecule has 0 aromatic carbocycles. The first-order valence-corrected chi connectivity index (χ1v) is 9.24. The average molecular weight is 350 g/mol. The smallest absolute Gasteiger partial charge is 0.236 e. The molecule has 1 atom stereocenters. The van der Waals surface area contributed by atoms with E-state index in [1.807, 2.05) is 27.7 Å². The molecule has 8 heteroatoms. The fourth-order valence-corrected chi connectivity index (χ4v) is 4.09. The summed E-state index contributed by atoms with van der Waals surface area (Å²) in [6, 6.07) is 2.40. The van der Waals surface area contributed by atoms with Gasteiger partial charge in [0.2, 0.25) is 11.1 Å². The normalized spacial score (nSPS) is 18.7. The summed E-state index contributed by atoms with van der Waals surface area (Å²) in [5, 5.41) is 21.7. The molecule has 1 saturated carbocycles. The van der Waals surface area contributed by atoms with Crippen LogP contribution in [0, 0.1) is 11.3 Å². The topological polar surface area (TPSA) is 87.7 Å². The van der Waals surface area contributed by atoms with Crippen molar-refractivity contribution >= 4 is 17.7 Å². The van der Waals surface area contributed by atoms with Crippen LogP contribution in [-0.4, -0.2) is 48.9 Å². The summed E-state index contributed by atoms with van der Waals surface area (Å²) in [6.07, 6.45) is 4.63. The Morgan fingerprint density at radius 2 is 2.00 bits per heavy atom. The lowest BCUT2D eigenvalue weighted by Gasteiger charge is -2.40. The number of carbonyl (C=O) groups excluding carboxylic acids is 1. The van der Waals surface area contributed by atoms with Gasteiger partial charge >= 0.3 is 0 Å². The highest BCUT2D eigenvalue weighted by molar-refractivity contribution is 8.00. The first-order chi connectivity index (χ1) is 11.2. The zero-order chi connectivity index (χ0) is 18.0. The van der Waals surface area contributed by atoms with E-state index in [0.717, 1.165) is 32.1 Å². The summed E-state index contributed by atoms with van der Waals surface area (Å²) < 4.78 is 1.72. The Labute approximate surface area is 147 Å². The standard InChI is InChI=1S/C16H26N6OS/c1-12(24-14-18-19-20-22(14)15(2,3)4)13(23)21(5)16(11-17)9-7-6-8-10-16/h12H,6-10H2,1-5H3. The molecular formula is C16H26N6OS. The van der Waals surface area contributed by atoms with Gasteiger partial charge in [-0.05, 0) is 51.0 Å². The second kappa shape index (κ2) is 7.09. The minimum atomic E-state index is -0.667. The monoisotopic (exact) mass is 350 g/mol. The first-order valence-electron chi connectivity index (χ1n) is 8.36. The molecule has 1 fully saturated rings. The minimum absolute atomic E-state index is 0.0492. The van der Waals surface area contributed by atoms with E-state index in [0.29, 0.717) is 5.16 Å². The van der Waals surface area contributed by atoms with Crippen LogP contribution in [0.3, 0.4) is 0 Å². The van der Waals surface area contributed by atoms with Gasteiger partial charge in [0.25, 0.3) is 0 Å². The third-order valence-electron chi connectivity index (χ3n) is 4.57. The van der Waals surface area contributed by atoms with Crippen molar-refractivity contribution in [2.45, 2.75) is 81.3 Å². The van der Waals surface area contributed by atoms with Crippen LogP contribution >= 0.6 is 11.8 Å². The number of amides is 1. The summed E-state index contributed by atoms with van der Waals surface area (Å²) in [5.41, 5.74) is -0.919. The maximum atomic E-state index is 12.9. The van der Waals surface area contributed by atoms with Crippen LogP contribution in [-0.2, 0) is 10.3 Å². The quantitative estimate of drug-likeness (QED) is 0.776. The van der Waals surface area contributed by atoms with Gasteiger partial charge in [-0.1, -0.05) is 31.0 Å². The molecular weight excluding hydrogens is 324 g/mol. The van der Waals surface area contributed by atoms with E-state index < -0.39 is 5.54 Å². The Bertz CT molecular complexity index is 623. The largest absolute Gasteiger partial charge is 0.326 e. The summed E-state index contributed by atoms with van der Waals surface area (Å²) in [4.78, 5) is 14.5. The van der Waals surface area contributed by atoms with Crippen LogP contribution in [0.5, 0.6) is 0 Å². The lowest BCUT2D eigenvalue weighted by atomic mass is 9.81. The Morgan fingerprint density at radius 1 is 1.38 bits per heavy atom. The summed E-state index contributed by atoms with van der Waals surface area (Å²) >= 11 is 1.34. The molecule has 1 amide bonds. The van der Waals surface area contributed by atoms with Gasteiger partial charge in [0.1, 0.15) is 5.54 Å². The molecule has 1 heterocycles. The third kappa shape index (κ3) is 3.72. The number of rotatable bonds is 4. The van der Waals surface area contributed by atoms with E-state index in [4.69, 9.17) is 0 Å². The average Bonchev–Trinajstić information content (AvgIpc) is 3.02. The highest BCUT2D eigenvalue weighted by atomic mass is 32.2. The SMILES string of the molecule is CC(Sc1nnnn1C(C)(C)C)C(=O)N(C)C1(C#N)CCCCC1. The molecule has 1 aliphatic carbocycles. The first kappa shape index (κ1) is 18.7. The summed E-state index contributed by atoms with van der Waals surface area (Å²) in [6.45, 7) is 7.88. The van der Waals surface area contributed by atoms with Gasteiger partial charge in [-0.3, -0.25) is 4.79 Å². The molecule has 0 N–H and O–H groups in total. The molecule has 0 bridgehead atoms. The molecule has 0 saturated heterocycles. The summed E-state index contributed by atoms with van der Waals surface area (Å²) in [5.74, 6) is -0.0492. The predicted octanol–water partition coefficient (Wildman–Crippen LogP) is 2.59. The van der Waals surface area contributed by atoms with E-state index in [9.17, 15) is 10.1 Å². The minimum Gasteiger partial charge on any atom is -0.326 e. The molecule has 7 nitrogen and oxygen atoms in total. The fourth-order valence-electron chi connectivity index (χ4n) is 3.02. The van der Waals surface area contributed by atoms with Crippen molar-refractivity contribution in [1.82, 2.24) is 25.1 Å². The van der Waals surface area contributed by atoms with Crippen molar-refractivity contribution in [2.24, 2.45) is 0 Å². The van der Waals surface area contributed by atoms with E-state index in [1.165, 1.54) is 11.8 Å². The number of aromatic nitrogens is 4. The van der Waals surface area contributed by atoms with Crippen LogP contribution in [0.1, 0.15) is 59.8 Å². The zero-order valence-corrected chi connectivity index (χ0v) is 15.9. The predicted molar refractivity (Wildman–Crippen MR) is 92.3 cm³/mol. The van der Waals surface area contributed by atoms with Gasteiger partial charge in [-0.2, -0.15) is 5.26 Å². The fraction of sp³-hybridized carbons (Fsp3) is 0.812. The molecule has 2 rings (SSSR count). The highest BCUT2D eigenvalue weighted by Crippen LogP contribution is 2.34. The maximum absolute atomic E-state index is 12.9. The molecule has 132 valence electrons. The van der Waals surface area contributed by atoms with Crippen molar-refractivity contribution in [3.05, 3.63) is 0 Å². The molecule has 0 aliphatic heterocycles. The maximum Gasteiger partial charge on any atom is 0.236 e. The number of carbonyl (C=O) groups is 1. The molecule has 0 spiro atoms. The number of nitriles is 1. The number of nitrogens with zero attached hydrogens (tertiary/aromatic N) is 6. The second-order valence-electron chi connectivity index (χ2n) is 7.41. The second-order valence-corrected chi connectivity index (χ2v) is 8.71. The van der Waals surface area contributed by atoms with E-state index in [-0.39, 0.29) is 16.7 Å². The van der Waals surface area contributed by atoms with Gasteiger partial charge in [0.15, 0.2) is 0 Å². The molecule has 24 heavy (non-hydrogen) atoms. The zero-order valence-electron chi connectivity index (χ0n) is 15.1. The molecule has 1 unspecified atom stereocenters. The lowest BCUT2D eigenvalue weighted by molar-refractivity contribution is -0.133. The van der Waals surface area contributed by atoms with E-state index in [1.54, 1.807) is 16.6 Å². The van der Waals surface area contributed by atoms with E-state index in [2.05, 4.69) is 21.6 Å². The van der Waals surface area contributed by atoms with Gasteiger partial charge in [-0.25, -0.2) is 4.68 Å². The van der Waals surface area contributed by atoms with Crippen LogP contribution in [0.4, 0.5) is 0 Å². The number of tetrazole rings is 1. The van der Waals surface area contributed by atoms with Gasteiger partial charge in [0, 0.05) is 7.05 Å². The Balaban J connectivity index is 2.12. The molecule has 1 aliphatic rings. The molecule has 1 aromatic rings. The van der Waals surface area contributed by atoms with Crippen molar-refractivity contribution < 1.29 is 4.79 Å². The number of thioether (sulfide) groups is 1. The number of hydrogen-bond acceptors (Lipinski definition) is 6. The van der Waals surface area contributed by atoms with Crippen LogP contribution in [0.2, 0.25) is 0 Å². The Hall–Kier alpha value is -1.62. The third-order valence-corrected chi connectivity index (χ3v) is 5.59. The Morgan fingerprint density at radius 3 is 2.54 bits per heavy atom. The van der Waals surface area contributed by atoms with Crippen molar-refractivity contribution in [2.75, 3.05) is 7.05 Å². The highest BCUT2D eigenvalue weighted by Gasteiger charge is 2.40. The van der Waals surface area contributed by atoms with Gasteiger partial charge < -0.3 is 4.90 Å². The van der Waals surface area contributed by atoms with Crippen LogP contribution in [0.25, 0.3) is 0 Å². The van der Waals surface area contributed by atoms with E-state index >= 15 is 0 Å².